The molecule has 0 fully saturated rings. The summed E-state index contributed by atoms with van der Waals surface area (Å²) in [6.07, 6.45) is 3.11. The van der Waals surface area contributed by atoms with Crippen molar-refractivity contribution in [3.8, 4) is 44.5 Å². The zero-order valence-electron chi connectivity index (χ0n) is 30.1. The first-order valence-electron chi connectivity index (χ1n) is 18.4. The molecule has 8 rings (SSSR count). The van der Waals surface area contributed by atoms with Crippen LogP contribution in [0.15, 0.2) is 200 Å². The van der Waals surface area contributed by atoms with Crippen molar-refractivity contribution in [2.75, 3.05) is 4.81 Å². The molecule has 0 unspecified atom stereocenters. The molecule has 7 aromatic carbocycles. The third-order valence-corrected chi connectivity index (χ3v) is 10.1. The van der Waals surface area contributed by atoms with Crippen LogP contribution in [0.1, 0.15) is 22.3 Å². The molecule has 0 atom stereocenters. The highest BCUT2D eigenvalue weighted by atomic mass is 15.2. The molecular weight excluding hydrogens is 655 g/mol. The number of hydrogen-bond donors (Lipinski definition) is 2. The van der Waals surface area contributed by atoms with Crippen LogP contribution in [-0.2, 0) is 12.8 Å². The maximum atomic E-state index is 6.77. The second kappa shape index (κ2) is 16.0. The van der Waals surface area contributed by atoms with Crippen molar-refractivity contribution in [2.24, 2.45) is 11.3 Å². The summed E-state index contributed by atoms with van der Waals surface area (Å²) in [6, 6.07) is 68.2. The van der Waals surface area contributed by atoms with Crippen LogP contribution in [0.3, 0.4) is 0 Å². The van der Waals surface area contributed by atoms with E-state index >= 15 is 0 Å². The van der Waals surface area contributed by atoms with Gasteiger partial charge in [-0.15, -0.1) is 0 Å². The second-order valence-corrected chi connectivity index (χ2v) is 13.5. The van der Waals surface area contributed by atoms with Gasteiger partial charge in [0.05, 0.1) is 0 Å². The predicted molar refractivity (Wildman–Crippen MR) is 227 cm³/mol. The van der Waals surface area contributed by atoms with Gasteiger partial charge in [0.2, 0.25) is 0 Å². The number of aromatic nitrogens is 1. The first-order valence-corrected chi connectivity index (χ1v) is 18.4. The predicted octanol–water partition coefficient (Wildman–Crippen LogP) is 11.0. The smallest absolute Gasteiger partial charge is 0.341 e. The van der Waals surface area contributed by atoms with Crippen molar-refractivity contribution in [3.63, 3.8) is 0 Å². The molecule has 5 heteroatoms. The first kappa shape index (κ1) is 34.6. The summed E-state index contributed by atoms with van der Waals surface area (Å²) in [5.74, 6) is 0.737. The maximum absolute atomic E-state index is 6.77. The lowest BCUT2D eigenvalue weighted by Gasteiger charge is -2.30. The van der Waals surface area contributed by atoms with Gasteiger partial charge in [0, 0.05) is 24.7 Å². The van der Waals surface area contributed by atoms with Crippen molar-refractivity contribution in [2.45, 2.75) is 12.8 Å². The van der Waals surface area contributed by atoms with E-state index in [1.807, 2.05) is 17.1 Å². The van der Waals surface area contributed by atoms with Crippen LogP contribution in [-0.4, -0.2) is 12.1 Å². The maximum Gasteiger partial charge on any atom is 0.431 e. The van der Waals surface area contributed by atoms with Gasteiger partial charge < -0.3 is 16.1 Å². The molecule has 0 aliphatic rings. The third-order valence-electron chi connectivity index (χ3n) is 10.1. The molecule has 0 aliphatic carbocycles. The molecule has 260 valence electrons. The van der Waals surface area contributed by atoms with E-state index in [1.54, 1.807) is 0 Å². The Bertz CT molecular complexity index is 2180. The van der Waals surface area contributed by atoms with Crippen LogP contribution in [0.4, 0.5) is 11.5 Å². The lowest BCUT2D eigenvalue weighted by molar-refractivity contribution is 1.09. The van der Waals surface area contributed by atoms with Gasteiger partial charge in [0.15, 0.2) is 0 Å². The van der Waals surface area contributed by atoms with Crippen molar-refractivity contribution in [1.82, 2.24) is 4.98 Å². The number of para-hydroxylation sites is 1. The summed E-state index contributed by atoms with van der Waals surface area (Å²) in [5.41, 5.74) is 28.5. The Labute approximate surface area is 318 Å². The van der Waals surface area contributed by atoms with Gasteiger partial charge in [-0.05, 0) is 78.9 Å². The number of benzene rings is 7. The largest absolute Gasteiger partial charge is 0.431 e. The topological polar surface area (TPSA) is 68.2 Å². The Morgan fingerprint density at radius 1 is 0.389 bits per heavy atom. The molecule has 0 saturated carbocycles. The summed E-state index contributed by atoms with van der Waals surface area (Å²) in [5, 5.41) is 0. The van der Waals surface area contributed by atoms with Crippen molar-refractivity contribution >= 4 is 18.6 Å². The quantitative estimate of drug-likeness (QED) is 0.132. The summed E-state index contributed by atoms with van der Waals surface area (Å²) < 4.78 is 0. The highest BCUT2D eigenvalue weighted by Gasteiger charge is 2.26. The highest BCUT2D eigenvalue weighted by Crippen LogP contribution is 2.40. The van der Waals surface area contributed by atoms with E-state index in [4.69, 9.17) is 16.3 Å². The molecule has 1 heterocycles. The molecule has 0 aliphatic heterocycles. The molecule has 8 aromatic rings. The van der Waals surface area contributed by atoms with E-state index in [2.05, 4.69) is 188 Å². The fourth-order valence-corrected chi connectivity index (χ4v) is 7.58. The molecule has 4 N–H and O–H groups in total. The standard InChI is InChI=1S/C49H41BN4/c51-50(52)54(48-32-14-13-26-40(48)34-46-42(36-18-5-1-6-19-36)28-15-29-43(46)37-20-7-2-8-21-37)49-41(27-17-33-53-49)35-47-44(38-22-9-3-10-23-38)30-16-31-45(47)39-24-11-4-12-25-39/h1-33H,34-35,51-52H2. The van der Waals surface area contributed by atoms with Gasteiger partial charge in [-0.2, -0.15) is 0 Å². The van der Waals surface area contributed by atoms with Crippen LogP contribution in [0.2, 0.25) is 0 Å². The third kappa shape index (κ3) is 7.24. The van der Waals surface area contributed by atoms with Crippen LogP contribution >= 0.6 is 0 Å². The van der Waals surface area contributed by atoms with Gasteiger partial charge in [0.1, 0.15) is 5.82 Å². The number of nitrogens with zero attached hydrogens (tertiary/aromatic N) is 2. The number of hydrogen-bond acceptors (Lipinski definition) is 4. The minimum atomic E-state index is -0.851. The molecule has 0 spiro atoms. The molecular formula is C49H41BN4. The Balaban J connectivity index is 1.26. The zero-order chi connectivity index (χ0) is 36.7. The summed E-state index contributed by atoms with van der Waals surface area (Å²) >= 11 is 0. The van der Waals surface area contributed by atoms with E-state index in [1.165, 1.54) is 55.6 Å². The fraction of sp³-hybridized carbons (Fsp3) is 0.0408. The average Bonchev–Trinajstić information content (AvgIpc) is 3.23. The van der Waals surface area contributed by atoms with Crippen molar-refractivity contribution in [3.05, 3.63) is 223 Å². The number of rotatable bonds is 11. The lowest BCUT2D eigenvalue weighted by Crippen LogP contribution is -2.53. The number of anilines is 2. The van der Waals surface area contributed by atoms with Crippen LogP contribution in [0.25, 0.3) is 44.5 Å². The molecule has 54 heavy (non-hydrogen) atoms. The van der Waals surface area contributed by atoms with Crippen molar-refractivity contribution < 1.29 is 0 Å². The van der Waals surface area contributed by atoms with Crippen LogP contribution in [0.5, 0.6) is 0 Å². The molecule has 0 radical (unpaired) electrons. The molecule has 0 saturated heterocycles. The molecule has 0 amide bonds. The lowest BCUT2D eigenvalue weighted by atomic mass is 9.85. The van der Waals surface area contributed by atoms with Gasteiger partial charge in [-0.1, -0.05) is 182 Å². The van der Waals surface area contributed by atoms with Gasteiger partial charge in [0.25, 0.3) is 0 Å². The van der Waals surface area contributed by atoms with Crippen molar-refractivity contribution in [1.29, 1.82) is 0 Å². The summed E-state index contributed by atoms with van der Waals surface area (Å²) in [4.78, 5) is 7.03. The van der Waals surface area contributed by atoms with Crippen LogP contribution in [0, 0.1) is 0 Å². The summed E-state index contributed by atoms with van der Waals surface area (Å²) in [7, 11) is -0.851. The average molecular weight is 697 g/mol. The van der Waals surface area contributed by atoms with E-state index in [-0.39, 0.29) is 0 Å². The van der Waals surface area contributed by atoms with Gasteiger partial charge >= 0.3 is 7.12 Å². The zero-order valence-corrected chi connectivity index (χ0v) is 30.1. The Kier molecular flexibility index (Phi) is 10.2. The molecule has 4 nitrogen and oxygen atoms in total. The van der Waals surface area contributed by atoms with Gasteiger partial charge in [-0.25, -0.2) is 4.98 Å². The first-order chi connectivity index (χ1) is 26.7. The second-order valence-electron chi connectivity index (χ2n) is 13.5. The highest BCUT2D eigenvalue weighted by molar-refractivity contribution is 6.58. The van der Waals surface area contributed by atoms with Gasteiger partial charge in [-0.3, -0.25) is 0 Å². The SMILES string of the molecule is NB(N)N(c1ccccc1Cc1c(-c2ccccc2)cccc1-c1ccccc1)c1ncccc1Cc1c(-c2ccccc2)cccc1-c1ccccc1. The number of nitrogens with two attached hydrogens (primary N) is 2. The fourth-order valence-electron chi connectivity index (χ4n) is 7.58. The Morgan fingerprint density at radius 2 is 0.759 bits per heavy atom. The Hall–Kier alpha value is -6.53. The van der Waals surface area contributed by atoms with E-state index in [0.717, 1.165) is 22.6 Å². The molecule has 1 aromatic heterocycles. The number of pyridine rings is 1. The van der Waals surface area contributed by atoms with E-state index in [0.29, 0.717) is 12.8 Å². The monoisotopic (exact) mass is 696 g/mol. The van der Waals surface area contributed by atoms with E-state index < -0.39 is 7.12 Å². The van der Waals surface area contributed by atoms with Crippen LogP contribution < -0.4 is 16.1 Å². The molecule has 0 bridgehead atoms. The summed E-state index contributed by atoms with van der Waals surface area (Å²) in [6.45, 7) is 0. The normalized spacial score (nSPS) is 10.9. The van der Waals surface area contributed by atoms with E-state index in [9.17, 15) is 0 Å². The minimum absolute atomic E-state index is 0.624. The minimum Gasteiger partial charge on any atom is -0.341 e. The Morgan fingerprint density at radius 3 is 1.19 bits per heavy atom.